The van der Waals surface area contributed by atoms with E-state index in [4.69, 9.17) is 45.8 Å². The van der Waals surface area contributed by atoms with Gasteiger partial charge in [-0.05, 0) is 55.5 Å². The molecule has 3 aromatic heterocycles. The van der Waals surface area contributed by atoms with Gasteiger partial charge in [-0.15, -0.1) is 0 Å². The summed E-state index contributed by atoms with van der Waals surface area (Å²) >= 11 is 17.2. The first-order chi connectivity index (χ1) is 20.4. The van der Waals surface area contributed by atoms with Crippen molar-refractivity contribution in [3.05, 3.63) is 92.1 Å². The van der Waals surface area contributed by atoms with Gasteiger partial charge in [-0.1, -0.05) is 34.8 Å². The predicted octanol–water partition coefficient (Wildman–Crippen LogP) is 9.19. The third kappa shape index (κ3) is 7.34. The number of nitriles is 1. The minimum atomic E-state index is -2.76. The van der Waals surface area contributed by atoms with E-state index in [1.54, 1.807) is 12.1 Å². The number of anilines is 5. The number of nitrogens with two attached hydrogens (primary N) is 1. The second-order valence-corrected chi connectivity index (χ2v) is 9.91. The molecule has 222 valence electrons. The largest absolute Gasteiger partial charge is 0.384 e. The second-order valence-electron chi connectivity index (χ2n) is 8.74. The molecule has 5 rings (SSSR count). The SMILES string of the molecule is CC(F)c1cc(Nc2nc3n[nH]c(N)c3cc2F)ccc1Cl.N#Cc1cc(F)c(Nc2ccc(Cl)c(C(F)F)c2)nc1Cl. The van der Waals surface area contributed by atoms with E-state index >= 15 is 0 Å². The van der Waals surface area contributed by atoms with Crippen LogP contribution in [0, 0.1) is 23.0 Å². The number of aromatic nitrogens is 4. The minimum Gasteiger partial charge on any atom is -0.384 e. The van der Waals surface area contributed by atoms with Gasteiger partial charge in [0, 0.05) is 32.5 Å². The lowest BCUT2D eigenvalue weighted by atomic mass is 10.1. The molecule has 3 heterocycles. The normalized spacial score (nSPS) is 11.6. The molecule has 43 heavy (non-hydrogen) atoms. The van der Waals surface area contributed by atoms with Gasteiger partial charge >= 0.3 is 0 Å². The molecule has 5 aromatic rings. The maximum Gasteiger partial charge on any atom is 0.265 e. The zero-order valence-corrected chi connectivity index (χ0v) is 23.9. The number of aromatic amines is 1. The van der Waals surface area contributed by atoms with Crippen molar-refractivity contribution in [1.29, 1.82) is 5.26 Å². The Morgan fingerprint density at radius 2 is 1.42 bits per heavy atom. The van der Waals surface area contributed by atoms with E-state index in [-0.39, 0.29) is 50.1 Å². The number of hydrogen-bond donors (Lipinski definition) is 4. The topological polar surface area (TPSA) is 128 Å². The van der Waals surface area contributed by atoms with Crippen LogP contribution < -0.4 is 16.4 Å². The number of nitrogens with one attached hydrogen (secondary N) is 3. The third-order valence-corrected chi connectivity index (χ3v) is 6.74. The van der Waals surface area contributed by atoms with E-state index in [1.165, 1.54) is 37.3 Å². The van der Waals surface area contributed by atoms with Crippen LogP contribution in [0.15, 0.2) is 48.5 Å². The van der Waals surface area contributed by atoms with Crippen LogP contribution >= 0.6 is 34.8 Å². The van der Waals surface area contributed by atoms with Crippen molar-refractivity contribution in [2.24, 2.45) is 0 Å². The van der Waals surface area contributed by atoms with Crippen molar-refractivity contribution in [1.82, 2.24) is 20.2 Å². The number of fused-ring (bicyclic) bond motifs is 1. The lowest BCUT2D eigenvalue weighted by Crippen LogP contribution is -2.00. The zero-order chi connectivity index (χ0) is 31.4. The molecule has 0 radical (unpaired) electrons. The Hall–Kier alpha value is -4.38. The second kappa shape index (κ2) is 13.3. The molecule has 0 aliphatic carbocycles. The van der Waals surface area contributed by atoms with Gasteiger partial charge in [0.15, 0.2) is 28.9 Å². The van der Waals surface area contributed by atoms with Gasteiger partial charge in [-0.3, -0.25) is 5.10 Å². The molecule has 0 spiro atoms. The summed E-state index contributed by atoms with van der Waals surface area (Å²) in [5.41, 5.74) is 6.35. The van der Waals surface area contributed by atoms with Gasteiger partial charge < -0.3 is 16.4 Å². The zero-order valence-electron chi connectivity index (χ0n) is 21.7. The van der Waals surface area contributed by atoms with Crippen LogP contribution in [-0.2, 0) is 0 Å². The molecule has 2 aromatic carbocycles. The number of benzene rings is 2. The van der Waals surface area contributed by atoms with E-state index in [2.05, 4.69) is 30.8 Å². The fourth-order valence-corrected chi connectivity index (χ4v) is 4.29. The molecule has 8 nitrogen and oxygen atoms in total. The third-order valence-electron chi connectivity index (χ3n) is 5.76. The number of halogens is 8. The van der Waals surface area contributed by atoms with Crippen molar-refractivity contribution >= 4 is 74.7 Å². The summed E-state index contributed by atoms with van der Waals surface area (Å²) in [7, 11) is 0. The molecule has 16 heteroatoms. The number of H-pyrrole nitrogens is 1. The quantitative estimate of drug-likeness (QED) is 0.106. The first-order valence-electron chi connectivity index (χ1n) is 12.0. The summed E-state index contributed by atoms with van der Waals surface area (Å²) in [6, 6.07) is 12.2. The predicted molar refractivity (Wildman–Crippen MR) is 156 cm³/mol. The first kappa shape index (κ1) is 31.6. The van der Waals surface area contributed by atoms with Gasteiger partial charge in [-0.2, -0.15) is 10.4 Å². The number of pyridine rings is 2. The van der Waals surface area contributed by atoms with E-state index < -0.39 is 24.2 Å². The minimum absolute atomic E-state index is 0.0289. The highest BCUT2D eigenvalue weighted by Gasteiger charge is 2.16. The summed E-state index contributed by atoms with van der Waals surface area (Å²) in [6.45, 7) is 1.38. The highest BCUT2D eigenvalue weighted by molar-refractivity contribution is 6.32. The van der Waals surface area contributed by atoms with Crippen LogP contribution in [0.4, 0.5) is 50.8 Å². The average molecular weight is 656 g/mol. The molecule has 0 aliphatic rings. The Labute approximate surface area is 255 Å². The summed E-state index contributed by atoms with van der Waals surface area (Å²) in [6.07, 6.45) is -4.00. The molecule has 0 amide bonds. The van der Waals surface area contributed by atoms with Gasteiger partial charge in [-0.25, -0.2) is 31.9 Å². The molecule has 1 unspecified atom stereocenters. The fourth-order valence-electron chi connectivity index (χ4n) is 3.64. The molecular formula is C27H18Cl3F5N8. The number of hydrogen-bond acceptors (Lipinski definition) is 7. The van der Waals surface area contributed by atoms with E-state index in [0.717, 1.165) is 12.1 Å². The van der Waals surface area contributed by atoms with Gasteiger partial charge in [0.2, 0.25) is 0 Å². The summed E-state index contributed by atoms with van der Waals surface area (Å²) in [4.78, 5) is 7.72. The maximum absolute atomic E-state index is 14.1. The summed E-state index contributed by atoms with van der Waals surface area (Å²) < 4.78 is 66.7. The summed E-state index contributed by atoms with van der Waals surface area (Å²) in [5.74, 6) is -1.48. The average Bonchev–Trinajstić information content (AvgIpc) is 3.31. The van der Waals surface area contributed by atoms with Crippen molar-refractivity contribution in [3.8, 4) is 6.07 Å². The highest BCUT2D eigenvalue weighted by atomic mass is 35.5. The maximum atomic E-state index is 14.1. The highest BCUT2D eigenvalue weighted by Crippen LogP contribution is 2.32. The monoisotopic (exact) mass is 654 g/mol. The Bertz CT molecular complexity index is 1840. The van der Waals surface area contributed by atoms with Crippen LogP contribution in [-0.4, -0.2) is 20.2 Å². The van der Waals surface area contributed by atoms with Crippen molar-refractivity contribution in [2.75, 3.05) is 16.4 Å². The van der Waals surface area contributed by atoms with E-state index in [0.29, 0.717) is 21.7 Å². The Morgan fingerprint density at radius 3 is 2.00 bits per heavy atom. The van der Waals surface area contributed by atoms with E-state index in [1.807, 2.05) is 0 Å². The van der Waals surface area contributed by atoms with Crippen LogP contribution in [0.5, 0.6) is 0 Å². The number of nitrogen functional groups attached to an aromatic ring is 1. The van der Waals surface area contributed by atoms with Crippen molar-refractivity contribution in [2.45, 2.75) is 19.5 Å². The molecule has 5 N–H and O–H groups in total. The molecule has 0 aliphatic heterocycles. The van der Waals surface area contributed by atoms with Gasteiger partial charge in [0.1, 0.15) is 23.2 Å². The Kier molecular flexibility index (Phi) is 9.75. The summed E-state index contributed by atoms with van der Waals surface area (Å²) in [5, 5.41) is 20.8. The van der Waals surface area contributed by atoms with Crippen LogP contribution in [0.2, 0.25) is 15.2 Å². The van der Waals surface area contributed by atoms with Gasteiger partial charge in [0.25, 0.3) is 6.43 Å². The van der Waals surface area contributed by atoms with Gasteiger partial charge in [0.05, 0.1) is 10.9 Å². The smallest absolute Gasteiger partial charge is 0.265 e. The number of nitrogens with zero attached hydrogens (tertiary/aromatic N) is 4. The van der Waals surface area contributed by atoms with Crippen molar-refractivity contribution < 1.29 is 22.0 Å². The lowest BCUT2D eigenvalue weighted by molar-refractivity contribution is 0.151. The molecule has 0 saturated heterocycles. The Morgan fingerprint density at radius 1 is 0.860 bits per heavy atom. The number of alkyl halides is 3. The molecule has 0 saturated carbocycles. The van der Waals surface area contributed by atoms with Crippen LogP contribution in [0.25, 0.3) is 11.0 Å². The first-order valence-corrected chi connectivity index (χ1v) is 13.1. The Balaban J connectivity index is 0.000000197. The molecule has 1 atom stereocenters. The van der Waals surface area contributed by atoms with Crippen molar-refractivity contribution in [3.63, 3.8) is 0 Å². The van der Waals surface area contributed by atoms with Crippen LogP contribution in [0.3, 0.4) is 0 Å². The lowest BCUT2D eigenvalue weighted by Gasteiger charge is -2.11. The standard InChI is InChI=1S/C14H12ClF2N5.C13H6Cl2F3N3/c1-6(16)8-4-7(2-3-10(8)15)19-14-11(17)5-9-12(18)21-22-13(9)20-14;14-9-2-1-7(4-8(9)12(17)18)20-13-10(16)3-6(5-19)11(15)21-13/h2-6H,1H3,(H4,18,19,20,21,22);1-4,12H,(H,20,21). The number of rotatable bonds is 6. The van der Waals surface area contributed by atoms with E-state index in [9.17, 15) is 22.0 Å². The fraction of sp³-hybridized carbons (Fsp3) is 0.111. The molecule has 0 fully saturated rings. The van der Waals surface area contributed by atoms with Crippen LogP contribution in [0.1, 0.15) is 36.2 Å². The molecular weight excluding hydrogens is 638 g/mol. The molecule has 0 bridgehead atoms.